The SMILES string of the molecule is COC(=O)c1cccc(NC(=O)CNCc2cccnc2)c1. The molecule has 0 fully saturated rings. The number of benzene rings is 1. The lowest BCUT2D eigenvalue weighted by Gasteiger charge is -2.08. The van der Waals surface area contributed by atoms with Crippen LogP contribution >= 0.6 is 0 Å². The minimum atomic E-state index is -0.439. The predicted octanol–water partition coefficient (Wildman–Crippen LogP) is 1.60. The lowest BCUT2D eigenvalue weighted by atomic mass is 10.2. The zero-order chi connectivity index (χ0) is 15.8. The number of carbonyl (C=O) groups is 2. The molecule has 2 aromatic rings. The van der Waals surface area contributed by atoms with E-state index in [-0.39, 0.29) is 12.5 Å². The van der Waals surface area contributed by atoms with Crippen molar-refractivity contribution in [2.45, 2.75) is 6.54 Å². The monoisotopic (exact) mass is 299 g/mol. The molecule has 6 heteroatoms. The summed E-state index contributed by atoms with van der Waals surface area (Å²) in [7, 11) is 1.32. The third-order valence-corrected chi connectivity index (χ3v) is 2.90. The number of nitrogens with one attached hydrogen (secondary N) is 2. The highest BCUT2D eigenvalue weighted by molar-refractivity contribution is 5.95. The molecule has 1 aromatic heterocycles. The molecule has 2 N–H and O–H groups in total. The standard InChI is InChI=1S/C16H17N3O3/c1-22-16(21)13-5-2-6-14(8-13)19-15(20)11-18-10-12-4-3-7-17-9-12/h2-9,18H,10-11H2,1H3,(H,19,20). The van der Waals surface area contributed by atoms with Crippen LogP contribution in [-0.2, 0) is 16.1 Å². The third kappa shape index (κ3) is 4.68. The van der Waals surface area contributed by atoms with Crippen LogP contribution in [0.15, 0.2) is 48.8 Å². The molecular weight excluding hydrogens is 282 g/mol. The van der Waals surface area contributed by atoms with Crippen molar-refractivity contribution in [2.75, 3.05) is 19.0 Å². The van der Waals surface area contributed by atoms with Gasteiger partial charge in [0.1, 0.15) is 0 Å². The summed E-state index contributed by atoms with van der Waals surface area (Å²) in [6.45, 7) is 0.723. The molecule has 0 unspecified atom stereocenters. The van der Waals surface area contributed by atoms with Crippen molar-refractivity contribution in [3.8, 4) is 0 Å². The Morgan fingerprint density at radius 1 is 1.23 bits per heavy atom. The van der Waals surface area contributed by atoms with E-state index >= 15 is 0 Å². The average molecular weight is 299 g/mol. The van der Waals surface area contributed by atoms with Crippen molar-refractivity contribution in [3.05, 3.63) is 59.9 Å². The van der Waals surface area contributed by atoms with Gasteiger partial charge < -0.3 is 15.4 Å². The van der Waals surface area contributed by atoms with Gasteiger partial charge >= 0.3 is 5.97 Å². The molecule has 0 saturated heterocycles. The van der Waals surface area contributed by atoms with Gasteiger partial charge in [0.25, 0.3) is 0 Å². The Hall–Kier alpha value is -2.73. The van der Waals surface area contributed by atoms with E-state index in [2.05, 4.69) is 20.4 Å². The Morgan fingerprint density at radius 3 is 2.82 bits per heavy atom. The van der Waals surface area contributed by atoms with Gasteiger partial charge in [-0.1, -0.05) is 12.1 Å². The summed E-state index contributed by atoms with van der Waals surface area (Å²) in [5.74, 6) is -0.628. The van der Waals surface area contributed by atoms with E-state index in [0.29, 0.717) is 17.8 Å². The minimum Gasteiger partial charge on any atom is -0.465 e. The normalized spacial score (nSPS) is 10.0. The van der Waals surface area contributed by atoms with E-state index in [9.17, 15) is 9.59 Å². The molecule has 0 saturated carbocycles. The molecule has 0 aliphatic carbocycles. The predicted molar refractivity (Wildman–Crippen MR) is 82.4 cm³/mol. The summed E-state index contributed by atoms with van der Waals surface area (Å²) in [4.78, 5) is 27.3. The molecule has 0 radical (unpaired) electrons. The highest BCUT2D eigenvalue weighted by Gasteiger charge is 2.07. The molecule has 0 spiro atoms. The summed E-state index contributed by atoms with van der Waals surface area (Å²) >= 11 is 0. The average Bonchev–Trinajstić information content (AvgIpc) is 2.55. The van der Waals surface area contributed by atoms with Crippen LogP contribution in [0.4, 0.5) is 5.69 Å². The summed E-state index contributed by atoms with van der Waals surface area (Å²) in [6, 6.07) is 10.4. The van der Waals surface area contributed by atoms with Crippen LogP contribution in [0.5, 0.6) is 0 Å². The first-order chi connectivity index (χ1) is 10.7. The molecule has 1 heterocycles. The molecule has 22 heavy (non-hydrogen) atoms. The van der Waals surface area contributed by atoms with Gasteiger partial charge in [-0.2, -0.15) is 0 Å². The van der Waals surface area contributed by atoms with E-state index < -0.39 is 5.97 Å². The van der Waals surface area contributed by atoms with Gasteiger partial charge in [-0.3, -0.25) is 9.78 Å². The fraction of sp³-hybridized carbons (Fsp3) is 0.188. The number of pyridine rings is 1. The van der Waals surface area contributed by atoms with E-state index in [1.807, 2.05) is 12.1 Å². The lowest BCUT2D eigenvalue weighted by molar-refractivity contribution is -0.115. The van der Waals surface area contributed by atoms with Crippen LogP contribution in [0.1, 0.15) is 15.9 Å². The van der Waals surface area contributed by atoms with Gasteiger partial charge in [0.15, 0.2) is 0 Å². The van der Waals surface area contributed by atoms with E-state index in [4.69, 9.17) is 0 Å². The van der Waals surface area contributed by atoms with Gasteiger partial charge in [-0.05, 0) is 29.8 Å². The van der Waals surface area contributed by atoms with Crippen molar-refractivity contribution >= 4 is 17.6 Å². The second kappa shape index (κ2) is 7.90. The molecule has 0 aliphatic heterocycles. The van der Waals surface area contributed by atoms with Crippen LogP contribution < -0.4 is 10.6 Å². The Labute approximate surface area is 128 Å². The Balaban J connectivity index is 1.83. The van der Waals surface area contributed by atoms with Crippen LogP contribution in [0, 0.1) is 0 Å². The van der Waals surface area contributed by atoms with Gasteiger partial charge in [0.05, 0.1) is 19.2 Å². The van der Waals surface area contributed by atoms with E-state index in [1.54, 1.807) is 36.7 Å². The first-order valence-electron chi connectivity index (χ1n) is 6.77. The van der Waals surface area contributed by atoms with Crippen LogP contribution in [0.2, 0.25) is 0 Å². The van der Waals surface area contributed by atoms with E-state index in [0.717, 1.165) is 5.56 Å². The number of anilines is 1. The Morgan fingerprint density at radius 2 is 2.09 bits per heavy atom. The molecule has 0 aliphatic rings. The van der Waals surface area contributed by atoms with Gasteiger partial charge in [-0.15, -0.1) is 0 Å². The molecule has 1 aromatic carbocycles. The minimum absolute atomic E-state index is 0.164. The molecule has 2 rings (SSSR count). The number of aromatic nitrogens is 1. The van der Waals surface area contributed by atoms with Crippen molar-refractivity contribution in [1.82, 2.24) is 10.3 Å². The molecule has 1 amide bonds. The second-order valence-corrected chi connectivity index (χ2v) is 4.59. The van der Waals surface area contributed by atoms with Crippen molar-refractivity contribution in [1.29, 1.82) is 0 Å². The summed E-state index contributed by atoms with van der Waals surface area (Å²) in [5, 5.41) is 5.75. The summed E-state index contributed by atoms with van der Waals surface area (Å²) in [6.07, 6.45) is 3.44. The first-order valence-corrected chi connectivity index (χ1v) is 6.77. The Bertz CT molecular complexity index is 644. The number of rotatable bonds is 6. The van der Waals surface area contributed by atoms with Gasteiger partial charge in [0, 0.05) is 24.6 Å². The third-order valence-electron chi connectivity index (χ3n) is 2.90. The molecule has 0 atom stereocenters. The summed E-state index contributed by atoms with van der Waals surface area (Å²) < 4.78 is 4.64. The fourth-order valence-electron chi connectivity index (χ4n) is 1.87. The topological polar surface area (TPSA) is 80.3 Å². The first kappa shape index (κ1) is 15.7. The van der Waals surface area contributed by atoms with Crippen LogP contribution in [0.25, 0.3) is 0 Å². The van der Waals surface area contributed by atoms with Crippen molar-refractivity contribution in [2.24, 2.45) is 0 Å². The number of carbonyl (C=O) groups excluding carboxylic acids is 2. The maximum absolute atomic E-state index is 11.8. The highest BCUT2D eigenvalue weighted by Crippen LogP contribution is 2.11. The quantitative estimate of drug-likeness (QED) is 0.792. The maximum Gasteiger partial charge on any atom is 0.337 e. The molecular formula is C16H17N3O3. The smallest absolute Gasteiger partial charge is 0.337 e. The zero-order valence-corrected chi connectivity index (χ0v) is 12.2. The number of amides is 1. The van der Waals surface area contributed by atoms with Crippen LogP contribution in [-0.4, -0.2) is 30.5 Å². The van der Waals surface area contributed by atoms with Gasteiger partial charge in [0.2, 0.25) is 5.91 Å². The zero-order valence-electron chi connectivity index (χ0n) is 12.2. The Kier molecular flexibility index (Phi) is 5.62. The fourth-order valence-corrected chi connectivity index (χ4v) is 1.87. The number of nitrogens with zero attached hydrogens (tertiary/aromatic N) is 1. The number of esters is 1. The lowest BCUT2D eigenvalue weighted by Crippen LogP contribution is -2.27. The van der Waals surface area contributed by atoms with Gasteiger partial charge in [-0.25, -0.2) is 4.79 Å². The van der Waals surface area contributed by atoms with Crippen LogP contribution in [0.3, 0.4) is 0 Å². The number of methoxy groups -OCH3 is 1. The highest BCUT2D eigenvalue weighted by atomic mass is 16.5. The maximum atomic E-state index is 11.8. The number of hydrogen-bond acceptors (Lipinski definition) is 5. The number of hydrogen-bond donors (Lipinski definition) is 2. The second-order valence-electron chi connectivity index (χ2n) is 4.59. The largest absolute Gasteiger partial charge is 0.465 e. The molecule has 114 valence electrons. The van der Waals surface area contributed by atoms with Crippen molar-refractivity contribution in [3.63, 3.8) is 0 Å². The molecule has 0 bridgehead atoms. The summed E-state index contributed by atoms with van der Waals surface area (Å²) in [5.41, 5.74) is 1.95. The van der Waals surface area contributed by atoms with E-state index in [1.165, 1.54) is 7.11 Å². The molecule has 6 nitrogen and oxygen atoms in total. The van der Waals surface area contributed by atoms with Crippen molar-refractivity contribution < 1.29 is 14.3 Å². The number of ether oxygens (including phenoxy) is 1.